The van der Waals surface area contributed by atoms with Crippen LogP contribution in [0.3, 0.4) is 0 Å². The second-order valence-electron chi connectivity index (χ2n) is 5.73. The zero-order valence-electron chi connectivity index (χ0n) is 8.85. The average Bonchev–Trinajstić information content (AvgIpc) is 2.72. The summed E-state index contributed by atoms with van der Waals surface area (Å²) in [6, 6.07) is 0. The third-order valence-electron chi connectivity index (χ3n) is 3.99. The molecule has 2 aliphatic carbocycles. The van der Waals surface area contributed by atoms with E-state index in [1.54, 1.807) is 6.42 Å². The van der Waals surface area contributed by atoms with Crippen molar-refractivity contribution in [3.8, 4) is 0 Å². The molecule has 0 aromatic heterocycles. The summed E-state index contributed by atoms with van der Waals surface area (Å²) in [4.78, 5) is 0. The molecule has 0 amide bonds. The van der Waals surface area contributed by atoms with Crippen LogP contribution in [0.5, 0.6) is 0 Å². The number of alkyl halides is 1. The first-order valence-electron chi connectivity index (χ1n) is 5.71. The molecule has 76 valence electrons. The maximum Gasteiger partial charge on any atom is 0.00881 e. The Labute approximate surface area is 90.6 Å². The molecule has 0 aromatic rings. The summed E-state index contributed by atoms with van der Waals surface area (Å²) >= 11 is 3.73. The number of fused-ring (bicyclic) bond motifs is 1. The summed E-state index contributed by atoms with van der Waals surface area (Å²) in [5.74, 6) is 3.14. The van der Waals surface area contributed by atoms with Crippen LogP contribution >= 0.6 is 15.9 Å². The second kappa shape index (κ2) is 3.56. The molecule has 0 heterocycles. The lowest BCUT2D eigenvalue weighted by Crippen LogP contribution is -2.21. The maximum absolute atomic E-state index is 3.73. The van der Waals surface area contributed by atoms with E-state index in [-0.39, 0.29) is 0 Å². The third kappa shape index (κ3) is 2.11. The van der Waals surface area contributed by atoms with Crippen LogP contribution in [-0.2, 0) is 0 Å². The van der Waals surface area contributed by atoms with Gasteiger partial charge in [-0.3, -0.25) is 0 Å². The minimum atomic E-state index is 0.706. The first-order chi connectivity index (χ1) is 6.15. The van der Waals surface area contributed by atoms with Crippen molar-refractivity contribution in [2.45, 2.75) is 46.0 Å². The molecule has 2 aliphatic rings. The van der Waals surface area contributed by atoms with E-state index >= 15 is 0 Å². The van der Waals surface area contributed by atoms with Crippen molar-refractivity contribution in [2.24, 2.45) is 23.2 Å². The van der Waals surface area contributed by atoms with Crippen molar-refractivity contribution in [3.63, 3.8) is 0 Å². The van der Waals surface area contributed by atoms with Crippen LogP contribution < -0.4 is 0 Å². The zero-order chi connectivity index (χ0) is 9.47. The topological polar surface area (TPSA) is 0 Å². The van der Waals surface area contributed by atoms with E-state index in [9.17, 15) is 0 Å². The molecule has 0 spiro atoms. The lowest BCUT2D eigenvalue weighted by molar-refractivity contribution is 0.262. The van der Waals surface area contributed by atoms with E-state index in [4.69, 9.17) is 0 Å². The van der Waals surface area contributed by atoms with Crippen molar-refractivity contribution in [2.75, 3.05) is 5.33 Å². The fourth-order valence-corrected chi connectivity index (χ4v) is 3.72. The Hall–Kier alpha value is 0.480. The van der Waals surface area contributed by atoms with Gasteiger partial charge in [0.05, 0.1) is 0 Å². The molecular formula is C12H21Br. The van der Waals surface area contributed by atoms with Crippen molar-refractivity contribution >= 4 is 15.9 Å². The fourth-order valence-electron chi connectivity index (χ4n) is 2.98. The molecule has 0 aliphatic heterocycles. The Bertz CT molecular complexity index is 176. The van der Waals surface area contributed by atoms with Crippen LogP contribution in [0.4, 0.5) is 0 Å². The summed E-state index contributed by atoms with van der Waals surface area (Å²) in [5, 5.41) is 1.25. The molecule has 13 heavy (non-hydrogen) atoms. The third-order valence-corrected chi connectivity index (χ3v) is 5.18. The molecule has 2 fully saturated rings. The molecule has 0 radical (unpaired) electrons. The van der Waals surface area contributed by atoms with E-state index < -0.39 is 0 Å². The van der Waals surface area contributed by atoms with Gasteiger partial charge in [0.1, 0.15) is 0 Å². The monoisotopic (exact) mass is 244 g/mol. The SMILES string of the molecule is CC(C)CCC1(CBr)CC2CC2C1. The average molecular weight is 245 g/mol. The van der Waals surface area contributed by atoms with Crippen LogP contribution in [0.1, 0.15) is 46.0 Å². The predicted octanol–water partition coefficient (Wildman–Crippen LogP) is 4.23. The van der Waals surface area contributed by atoms with E-state index in [1.807, 2.05) is 0 Å². The molecule has 0 bridgehead atoms. The summed E-state index contributed by atoms with van der Waals surface area (Å²) in [5.41, 5.74) is 0.706. The van der Waals surface area contributed by atoms with Gasteiger partial charge in [0.25, 0.3) is 0 Å². The molecule has 0 N–H and O–H groups in total. The predicted molar refractivity (Wildman–Crippen MR) is 61.1 cm³/mol. The Morgan fingerprint density at radius 3 is 2.38 bits per heavy atom. The van der Waals surface area contributed by atoms with E-state index in [0.29, 0.717) is 5.41 Å². The van der Waals surface area contributed by atoms with Gasteiger partial charge >= 0.3 is 0 Å². The minimum Gasteiger partial charge on any atom is -0.0922 e. The molecule has 0 nitrogen and oxygen atoms in total. The fraction of sp³-hybridized carbons (Fsp3) is 1.00. The van der Waals surface area contributed by atoms with Gasteiger partial charge in [0.15, 0.2) is 0 Å². The van der Waals surface area contributed by atoms with Gasteiger partial charge in [-0.25, -0.2) is 0 Å². The molecular weight excluding hydrogens is 224 g/mol. The standard InChI is InChI=1S/C12H21Br/c1-9(2)3-4-12(8-13)6-10-5-11(10)7-12/h9-11H,3-8H2,1-2H3. The Balaban J connectivity index is 1.85. The molecule has 0 saturated heterocycles. The van der Waals surface area contributed by atoms with Gasteiger partial charge in [0.2, 0.25) is 0 Å². The zero-order valence-corrected chi connectivity index (χ0v) is 10.4. The van der Waals surface area contributed by atoms with Gasteiger partial charge in [0, 0.05) is 5.33 Å². The van der Waals surface area contributed by atoms with Crippen LogP contribution in [0.15, 0.2) is 0 Å². The molecule has 2 unspecified atom stereocenters. The summed E-state index contributed by atoms with van der Waals surface area (Å²) in [7, 11) is 0. The highest BCUT2D eigenvalue weighted by Crippen LogP contribution is 2.62. The van der Waals surface area contributed by atoms with Gasteiger partial charge in [-0.15, -0.1) is 0 Å². The van der Waals surface area contributed by atoms with Crippen LogP contribution in [0.2, 0.25) is 0 Å². The van der Waals surface area contributed by atoms with Crippen molar-refractivity contribution < 1.29 is 0 Å². The van der Waals surface area contributed by atoms with Crippen molar-refractivity contribution in [1.29, 1.82) is 0 Å². The van der Waals surface area contributed by atoms with Crippen molar-refractivity contribution in [1.82, 2.24) is 0 Å². The normalized spacial score (nSPS) is 42.5. The summed E-state index contributed by atoms with van der Waals surface area (Å²) in [6.45, 7) is 4.69. The largest absolute Gasteiger partial charge is 0.0922 e. The molecule has 2 rings (SSSR count). The van der Waals surface area contributed by atoms with E-state index in [2.05, 4.69) is 29.8 Å². The van der Waals surface area contributed by atoms with Gasteiger partial charge in [-0.05, 0) is 48.9 Å². The summed E-state index contributed by atoms with van der Waals surface area (Å²) < 4.78 is 0. The van der Waals surface area contributed by atoms with Gasteiger partial charge < -0.3 is 0 Å². The van der Waals surface area contributed by atoms with Crippen LogP contribution in [0, 0.1) is 23.2 Å². The first kappa shape index (κ1) is 10.0. The highest BCUT2D eigenvalue weighted by atomic mass is 79.9. The van der Waals surface area contributed by atoms with E-state index in [0.717, 1.165) is 17.8 Å². The highest BCUT2D eigenvalue weighted by Gasteiger charge is 2.52. The lowest BCUT2D eigenvalue weighted by Gasteiger charge is -2.29. The first-order valence-corrected chi connectivity index (χ1v) is 6.83. The summed E-state index contributed by atoms with van der Waals surface area (Å²) in [6.07, 6.45) is 7.48. The maximum atomic E-state index is 3.73. The minimum absolute atomic E-state index is 0.706. The van der Waals surface area contributed by atoms with Crippen LogP contribution in [-0.4, -0.2) is 5.33 Å². The Kier molecular flexibility index (Phi) is 2.75. The Morgan fingerprint density at radius 2 is 1.92 bits per heavy atom. The van der Waals surface area contributed by atoms with Crippen molar-refractivity contribution in [3.05, 3.63) is 0 Å². The molecule has 2 saturated carbocycles. The number of rotatable bonds is 4. The molecule has 2 atom stereocenters. The number of hydrogen-bond donors (Lipinski definition) is 0. The highest BCUT2D eigenvalue weighted by molar-refractivity contribution is 9.09. The lowest BCUT2D eigenvalue weighted by atomic mass is 9.79. The number of hydrogen-bond acceptors (Lipinski definition) is 0. The molecule has 1 heteroatoms. The van der Waals surface area contributed by atoms with Gasteiger partial charge in [-0.1, -0.05) is 36.2 Å². The Morgan fingerprint density at radius 1 is 1.31 bits per heavy atom. The van der Waals surface area contributed by atoms with Gasteiger partial charge in [-0.2, -0.15) is 0 Å². The van der Waals surface area contributed by atoms with Crippen LogP contribution in [0.25, 0.3) is 0 Å². The molecule has 0 aromatic carbocycles. The second-order valence-corrected chi connectivity index (χ2v) is 6.29. The van der Waals surface area contributed by atoms with E-state index in [1.165, 1.54) is 31.0 Å². The quantitative estimate of drug-likeness (QED) is 0.650. The smallest absolute Gasteiger partial charge is 0.00881 e. The number of halogens is 1.